The molecule has 76 valence electrons. The lowest BCUT2D eigenvalue weighted by Gasteiger charge is -2.03. The third-order valence-electron chi connectivity index (χ3n) is 1.44. The summed E-state index contributed by atoms with van der Waals surface area (Å²) >= 11 is 0. The molecule has 0 aromatic rings. The number of nitrogens with one attached hydrogen (secondary N) is 2. The van der Waals surface area contributed by atoms with Gasteiger partial charge in [-0.2, -0.15) is 0 Å². The largest absolute Gasteiger partial charge is 0.338 e. The molecule has 0 aliphatic rings. The summed E-state index contributed by atoms with van der Waals surface area (Å²) in [5.74, 6) is -0.909. The first-order chi connectivity index (χ1) is 6.20. The summed E-state index contributed by atoms with van der Waals surface area (Å²) < 4.78 is 11.6. The Labute approximate surface area is 76.9 Å². The number of hydrogen-bond donors (Lipinski definition) is 2. The van der Waals surface area contributed by atoms with E-state index in [0.29, 0.717) is 6.54 Å². The number of carbonyl (C=O) groups is 2. The van der Waals surface area contributed by atoms with Crippen molar-refractivity contribution in [3.8, 4) is 0 Å². The van der Waals surface area contributed by atoms with Gasteiger partial charge in [-0.25, -0.2) is 9.18 Å². The standard InChI is InChI=1S/C8H15FN2O2/c1-2-3-4-5-10-8(13)11-7(12)6-9/h2-6H2,1H3,(H2,10,11,12,13). The fourth-order valence-electron chi connectivity index (χ4n) is 0.781. The molecule has 0 rings (SSSR count). The molecule has 0 radical (unpaired) electrons. The smallest absolute Gasteiger partial charge is 0.321 e. The van der Waals surface area contributed by atoms with Gasteiger partial charge in [-0.1, -0.05) is 19.8 Å². The number of imide groups is 1. The summed E-state index contributed by atoms with van der Waals surface area (Å²) in [6.07, 6.45) is 2.96. The number of hydrogen-bond acceptors (Lipinski definition) is 2. The second-order valence-corrected chi connectivity index (χ2v) is 2.64. The summed E-state index contributed by atoms with van der Waals surface area (Å²) in [6.45, 7) is 1.40. The minimum absolute atomic E-state index is 0.513. The Hall–Kier alpha value is -1.13. The van der Waals surface area contributed by atoms with Crippen LogP contribution in [-0.4, -0.2) is 25.2 Å². The molecule has 13 heavy (non-hydrogen) atoms. The Bertz CT molecular complexity index is 174. The lowest BCUT2D eigenvalue weighted by atomic mass is 10.2. The van der Waals surface area contributed by atoms with Crippen LogP contribution < -0.4 is 10.6 Å². The van der Waals surface area contributed by atoms with Gasteiger partial charge in [0.15, 0.2) is 6.67 Å². The molecule has 5 heteroatoms. The first kappa shape index (κ1) is 11.9. The number of urea groups is 1. The Morgan fingerprint density at radius 1 is 1.31 bits per heavy atom. The van der Waals surface area contributed by atoms with Crippen LogP contribution in [0.2, 0.25) is 0 Å². The quantitative estimate of drug-likeness (QED) is 0.635. The molecule has 4 nitrogen and oxygen atoms in total. The molecule has 3 amide bonds. The van der Waals surface area contributed by atoms with Crippen molar-refractivity contribution < 1.29 is 14.0 Å². The average Bonchev–Trinajstić information content (AvgIpc) is 2.12. The summed E-state index contributed by atoms with van der Waals surface area (Å²) in [5, 5.41) is 4.29. The van der Waals surface area contributed by atoms with Crippen molar-refractivity contribution in [1.82, 2.24) is 10.6 Å². The molecule has 0 unspecified atom stereocenters. The Morgan fingerprint density at radius 2 is 2.00 bits per heavy atom. The van der Waals surface area contributed by atoms with Crippen molar-refractivity contribution in [2.75, 3.05) is 13.2 Å². The fourth-order valence-corrected chi connectivity index (χ4v) is 0.781. The normalized spacial score (nSPS) is 9.38. The van der Waals surface area contributed by atoms with Gasteiger partial charge >= 0.3 is 6.03 Å². The molecular weight excluding hydrogens is 175 g/mol. The predicted molar refractivity (Wildman–Crippen MR) is 47.0 cm³/mol. The molecule has 0 saturated heterocycles. The predicted octanol–water partition coefficient (Wildman–Crippen LogP) is 0.972. The van der Waals surface area contributed by atoms with Gasteiger partial charge in [-0.15, -0.1) is 0 Å². The van der Waals surface area contributed by atoms with E-state index in [-0.39, 0.29) is 0 Å². The molecule has 2 N–H and O–H groups in total. The number of amides is 3. The second kappa shape index (κ2) is 7.52. The Balaban J connectivity index is 3.35. The summed E-state index contributed by atoms with van der Waals surface area (Å²) in [5.41, 5.74) is 0. The molecule has 0 spiro atoms. The highest BCUT2D eigenvalue weighted by molar-refractivity contribution is 5.94. The minimum atomic E-state index is -1.16. The maximum atomic E-state index is 11.6. The van der Waals surface area contributed by atoms with Gasteiger partial charge in [0.2, 0.25) is 0 Å². The lowest BCUT2D eigenvalue weighted by Crippen LogP contribution is -2.40. The van der Waals surface area contributed by atoms with Crippen LogP contribution in [0.4, 0.5) is 9.18 Å². The number of unbranched alkanes of at least 4 members (excludes halogenated alkanes) is 2. The van der Waals surface area contributed by atoms with E-state index in [1.165, 1.54) is 0 Å². The average molecular weight is 190 g/mol. The van der Waals surface area contributed by atoms with Crippen molar-refractivity contribution in [3.63, 3.8) is 0 Å². The first-order valence-corrected chi connectivity index (χ1v) is 4.34. The molecular formula is C8H15FN2O2. The van der Waals surface area contributed by atoms with Gasteiger partial charge in [0.05, 0.1) is 0 Å². The zero-order chi connectivity index (χ0) is 10.1. The molecule has 0 aliphatic heterocycles. The zero-order valence-electron chi connectivity index (χ0n) is 7.73. The van der Waals surface area contributed by atoms with E-state index in [2.05, 4.69) is 5.32 Å². The summed E-state index contributed by atoms with van der Waals surface area (Å²) in [7, 11) is 0. The van der Waals surface area contributed by atoms with Crippen LogP contribution in [0.1, 0.15) is 26.2 Å². The van der Waals surface area contributed by atoms with E-state index >= 15 is 0 Å². The SMILES string of the molecule is CCCCCNC(=O)NC(=O)CF. The fraction of sp³-hybridized carbons (Fsp3) is 0.750. The number of halogens is 1. The van der Waals surface area contributed by atoms with Crippen LogP contribution in [0.5, 0.6) is 0 Å². The van der Waals surface area contributed by atoms with Crippen LogP contribution in [-0.2, 0) is 4.79 Å². The third-order valence-corrected chi connectivity index (χ3v) is 1.44. The third kappa shape index (κ3) is 7.24. The Morgan fingerprint density at radius 3 is 2.54 bits per heavy atom. The van der Waals surface area contributed by atoms with Gasteiger partial charge in [-0.05, 0) is 6.42 Å². The maximum absolute atomic E-state index is 11.6. The van der Waals surface area contributed by atoms with E-state index < -0.39 is 18.6 Å². The van der Waals surface area contributed by atoms with Gasteiger partial charge in [0.25, 0.3) is 5.91 Å². The maximum Gasteiger partial charge on any atom is 0.321 e. The van der Waals surface area contributed by atoms with Crippen LogP contribution in [0.25, 0.3) is 0 Å². The second-order valence-electron chi connectivity index (χ2n) is 2.64. The minimum Gasteiger partial charge on any atom is -0.338 e. The molecule has 0 saturated carbocycles. The van der Waals surface area contributed by atoms with Crippen LogP contribution >= 0.6 is 0 Å². The van der Waals surface area contributed by atoms with E-state index in [1.54, 1.807) is 0 Å². The lowest BCUT2D eigenvalue weighted by molar-refractivity contribution is -0.120. The molecule has 0 aromatic heterocycles. The number of rotatable bonds is 5. The van der Waals surface area contributed by atoms with E-state index in [9.17, 15) is 14.0 Å². The van der Waals surface area contributed by atoms with Crippen LogP contribution in [0.3, 0.4) is 0 Å². The summed E-state index contributed by atoms with van der Waals surface area (Å²) in [6, 6.07) is -0.626. The highest BCUT2D eigenvalue weighted by atomic mass is 19.1. The van der Waals surface area contributed by atoms with Crippen molar-refractivity contribution in [2.45, 2.75) is 26.2 Å². The highest BCUT2D eigenvalue weighted by Crippen LogP contribution is 1.90. The van der Waals surface area contributed by atoms with Crippen LogP contribution in [0, 0.1) is 0 Å². The van der Waals surface area contributed by atoms with Crippen molar-refractivity contribution in [3.05, 3.63) is 0 Å². The molecule has 0 heterocycles. The van der Waals surface area contributed by atoms with Crippen molar-refractivity contribution >= 4 is 11.9 Å². The van der Waals surface area contributed by atoms with Gasteiger partial charge in [-0.3, -0.25) is 10.1 Å². The number of alkyl halides is 1. The van der Waals surface area contributed by atoms with Gasteiger partial charge < -0.3 is 5.32 Å². The number of carbonyl (C=O) groups excluding carboxylic acids is 2. The van der Waals surface area contributed by atoms with E-state index in [1.807, 2.05) is 12.2 Å². The first-order valence-electron chi connectivity index (χ1n) is 4.34. The monoisotopic (exact) mass is 190 g/mol. The summed E-state index contributed by atoms with van der Waals surface area (Å²) in [4.78, 5) is 21.1. The van der Waals surface area contributed by atoms with Crippen molar-refractivity contribution in [1.29, 1.82) is 0 Å². The topological polar surface area (TPSA) is 58.2 Å². The Kier molecular flexibility index (Phi) is 6.86. The van der Waals surface area contributed by atoms with E-state index in [4.69, 9.17) is 0 Å². The van der Waals surface area contributed by atoms with Crippen molar-refractivity contribution in [2.24, 2.45) is 0 Å². The molecule has 0 bridgehead atoms. The zero-order valence-corrected chi connectivity index (χ0v) is 7.73. The van der Waals surface area contributed by atoms with Crippen LogP contribution in [0.15, 0.2) is 0 Å². The van der Waals surface area contributed by atoms with Gasteiger partial charge in [0.1, 0.15) is 0 Å². The highest BCUT2D eigenvalue weighted by Gasteiger charge is 2.04. The molecule has 0 atom stereocenters. The van der Waals surface area contributed by atoms with Gasteiger partial charge in [0, 0.05) is 6.54 Å². The molecule has 0 aliphatic carbocycles. The van der Waals surface area contributed by atoms with E-state index in [0.717, 1.165) is 19.3 Å². The molecule has 0 aromatic carbocycles. The molecule has 0 fully saturated rings.